The van der Waals surface area contributed by atoms with Crippen molar-refractivity contribution in [3.63, 3.8) is 0 Å². The van der Waals surface area contributed by atoms with E-state index in [1.807, 2.05) is 36.7 Å². The molecule has 0 bridgehead atoms. The Kier molecular flexibility index (Phi) is 6.36. The Hall–Kier alpha value is -3.58. The normalized spacial score (nSPS) is 14.9. The van der Waals surface area contributed by atoms with Gasteiger partial charge in [-0.1, -0.05) is 0 Å². The van der Waals surface area contributed by atoms with Crippen LogP contribution in [0.2, 0.25) is 0 Å². The second kappa shape index (κ2) is 9.73. The van der Waals surface area contributed by atoms with Crippen LogP contribution in [0.4, 0.5) is 17.2 Å². The number of nitrogens with zero attached hydrogens (tertiary/aromatic N) is 4. The van der Waals surface area contributed by atoms with E-state index in [9.17, 15) is 0 Å². The van der Waals surface area contributed by atoms with E-state index in [4.69, 9.17) is 4.74 Å². The number of hydrogen-bond acceptors (Lipinski definition) is 6. The van der Waals surface area contributed by atoms with Crippen molar-refractivity contribution < 1.29 is 4.74 Å². The molecular weight excluding hydrogens is 424 g/mol. The number of aromatic nitrogens is 3. The third-order valence-electron chi connectivity index (χ3n) is 6.72. The maximum Gasteiger partial charge on any atom is 0.180 e. The highest BCUT2D eigenvalue weighted by Gasteiger charge is 2.16. The maximum absolute atomic E-state index is 5.28. The van der Waals surface area contributed by atoms with Crippen molar-refractivity contribution in [3.05, 3.63) is 66.6 Å². The predicted molar refractivity (Wildman–Crippen MR) is 138 cm³/mol. The standard InChI is InChI=1S/C27H32N6O/c1-19-16-22(6-9-24(19)29-17-20-10-13-32(2)14-11-20)31-26-27-30-18-25(33(27)15-12-28-26)21-4-7-23(34-3)8-5-21/h4-9,12,15-16,18,20,29H,10-11,13-14,17H2,1-3H3,(H,28,31). The molecule has 0 saturated carbocycles. The summed E-state index contributed by atoms with van der Waals surface area (Å²) in [5.41, 5.74) is 6.27. The molecule has 2 aromatic carbocycles. The molecule has 1 aliphatic rings. The molecule has 2 aromatic heterocycles. The van der Waals surface area contributed by atoms with E-state index >= 15 is 0 Å². The highest BCUT2D eigenvalue weighted by molar-refractivity contribution is 5.75. The average Bonchev–Trinajstić information content (AvgIpc) is 3.30. The fraction of sp³-hybridized carbons (Fsp3) is 0.333. The van der Waals surface area contributed by atoms with Crippen LogP contribution in [0.25, 0.3) is 16.9 Å². The number of anilines is 3. The molecule has 3 heterocycles. The number of aryl methyl sites for hydroxylation is 1. The Morgan fingerprint density at radius 2 is 1.85 bits per heavy atom. The largest absolute Gasteiger partial charge is 0.497 e. The number of piperidine rings is 1. The van der Waals surface area contributed by atoms with E-state index in [0.29, 0.717) is 0 Å². The zero-order valence-electron chi connectivity index (χ0n) is 20.1. The van der Waals surface area contributed by atoms with E-state index in [0.717, 1.165) is 46.6 Å². The fourth-order valence-corrected chi connectivity index (χ4v) is 4.58. The number of benzene rings is 2. The van der Waals surface area contributed by atoms with E-state index in [1.165, 1.54) is 37.2 Å². The second-order valence-electron chi connectivity index (χ2n) is 9.12. The minimum absolute atomic E-state index is 0.730. The number of likely N-dealkylation sites (tertiary alicyclic amines) is 1. The van der Waals surface area contributed by atoms with Gasteiger partial charge in [0.05, 0.1) is 19.0 Å². The van der Waals surface area contributed by atoms with Gasteiger partial charge in [0.2, 0.25) is 0 Å². The van der Waals surface area contributed by atoms with Crippen molar-refractivity contribution in [1.29, 1.82) is 0 Å². The molecule has 34 heavy (non-hydrogen) atoms. The van der Waals surface area contributed by atoms with Gasteiger partial charge in [0.15, 0.2) is 11.5 Å². The summed E-state index contributed by atoms with van der Waals surface area (Å²) in [5.74, 6) is 2.31. The van der Waals surface area contributed by atoms with Crippen molar-refractivity contribution in [2.75, 3.05) is 44.4 Å². The summed E-state index contributed by atoms with van der Waals surface area (Å²) in [5, 5.41) is 7.12. The molecule has 2 N–H and O–H groups in total. The van der Waals surface area contributed by atoms with Crippen LogP contribution in [-0.2, 0) is 0 Å². The van der Waals surface area contributed by atoms with Crippen molar-refractivity contribution >= 4 is 22.8 Å². The third kappa shape index (κ3) is 4.70. The maximum atomic E-state index is 5.28. The molecule has 0 amide bonds. The summed E-state index contributed by atoms with van der Waals surface area (Å²) in [6.07, 6.45) is 8.15. The summed E-state index contributed by atoms with van der Waals surface area (Å²) < 4.78 is 7.34. The van der Waals surface area contributed by atoms with Gasteiger partial charge in [-0.15, -0.1) is 0 Å². The van der Waals surface area contributed by atoms with Crippen molar-refractivity contribution in [1.82, 2.24) is 19.3 Å². The third-order valence-corrected chi connectivity index (χ3v) is 6.72. The highest BCUT2D eigenvalue weighted by Crippen LogP contribution is 2.28. The number of methoxy groups -OCH3 is 1. The molecule has 5 rings (SSSR count). The van der Waals surface area contributed by atoms with Crippen molar-refractivity contribution in [2.45, 2.75) is 19.8 Å². The van der Waals surface area contributed by atoms with Gasteiger partial charge in [-0.05, 0) is 93.8 Å². The van der Waals surface area contributed by atoms with Crippen LogP contribution in [0.15, 0.2) is 61.1 Å². The van der Waals surface area contributed by atoms with Crippen LogP contribution in [0.3, 0.4) is 0 Å². The molecule has 0 atom stereocenters. The lowest BCUT2D eigenvalue weighted by Gasteiger charge is -2.29. The first kappa shape index (κ1) is 22.2. The molecule has 0 aliphatic carbocycles. The summed E-state index contributed by atoms with van der Waals surface area (Å²) >= 11 is 0. The van der Waals surface area contributed by atoms with E-state index in [1.54, 1.807) is 13.3 Å². The zero-order chi connectivity index (χ0) is 23.5. The molecule has 1 aliphatic heterocycles. The Labute approximate surface area is 200 Å². The first-order valence-electron chi connectivity index (χ1n) is 11.9. The number of nitrogens with one attached hydrogen (secondary N) is 2. The fourth-order valence-electron chi connectivity index (χ4n) is 4.58. The summed E-state index contributed by atoms with van der Waals surface area (Å²) in [7, 11) is 3.88. The van der Waals surface area contributed by atoms with Gasteiger partial charge in [-0.3, -0.25) is 4.40 Å². The van der Waals surface area contributed by atoms with Gasteiger partial charge in [-0.25, -0.2) is 9.97 Å². The van der Waals surface area contributed by atoms with Gasteiger partial charge in [-0.2, -0.15) is 0 Å². The quantitative estimate of drug-likeness (QED) is 0.398. The minimum atomic E-state index is 0.730. The number of rotatable bonds is 7. The van der Waals surface area contributed by atoms with Crippen LogP contribution < -0.4 is 15.4 Å². The summed E-state index contributed by atoms with van der Waals surface area (Å²) in [6.45, 7) is 5.57. The van der Waals surface area contributed by atoms with Gasteiger partial charge in [0.25, 0.3) is 0 Å². The lowest BCUT2D eigenvalue weighted by Crippen LogP contribution is -2.33. The Morgan fingerprint density at radius 3 is 2.59 bits per heavy atom. The SMILES string of the molecule is COc1ccc(-c2cnc3c(Nc4ccc(NCC5CCN(C)CC5)c(C)c4)nccn23)cc1. The lowest BCUT2D eigenvalue weighted by atomic mass is 9.97. The predicted octanol–water partition coefficient (Wildman–Crippen LogP) is 5.21. The molecule has 1 saturated heterocycles. The van der Waals surface area contributed by atoms with E-state index < -0.39 is 0 Å². The molecule has 4 aromatic rings. The lowest BCUT2D eigenvalue weighted by molar-refractivity contribution is 0.226. The van der Waals surface area contributed by atoms with E-state index in [-0.39, 0.29) is 0 Å². The molecule has 0 spiro atoms. The van der Waals surface area contributed by atoms with Gasteiger partial charge >= 0.3 is 0 Å². The Morgan fingerprint density at radius 1 is 1.06 bits per heavy atom. The van der Waals surface area contributed by atoms with Crippen molar-refractivity contribution in [3.8, 4) is 17.0 Å². The topological polar surface area (TPSA) is 66.7 Å². The van der Waals surface area contributed by atoms with Gasteiger partial charge < -0.3 is 20.3 Å². The zero-order valence-corrected chi connectivity index (χ0v) is 20.1. The molecular formula is C27H32N6O. The molecule has 1 fully saturated rings. The molecule has 0 unspecified atom stereocenters. The summed E-state index contributed by atoms with van der Waals surface area (Å²) in [4.78, 5) is 11.6. The summed E-state index contributed by atoms with van der Waals surface area (Å²) in [6, 6.07) is 14.4. The average molecular weight is 457 g/mol. The van der Waals surface area contributed by atoms with Crippen molar-refractivity contribution in [2.24, 2.45) is 5.92 Å². The Bertz CT molecular complexity index is 1260. The van der Waals surface area contributed by atoms with Crippen LogP contribution in [0, 0.1) is 12.8 Å². The second-order valence-corrected chi connectivity index (χ2v) is 9.12. The van der Waals surface area contributed by atoms with E-state index in [2.05, 4.69) is 62.1 Å². The first-order chi connectivity index (χ1) is 16.6. The molecule has 7 heteroatoms. The van der Waals surface area contributed by atoms with Crippen LogP contribution >= 0.6 is 0 Å². The molecule has 7 nitrogen and oxygen atoms in total. The number of imidazole rings is 1. The van der Waals surface area contributed by atoms with Gasteiger partial charge in [0, 0.05) is 35.9 Å². The minimum Gasteiger partial charge on any atom is -0.497 e. The monoisotopic (exact) mass is 456 g/mol. The van der Waals surface area contributed by atoms with Crippen LogP contribution in [0.1, 0.15) is 18.4 Å². The van der Waals surface area contributed by atoms with Gasteiger partial charge in [0.1, 0.15) is 5.75 Å². The molecule has 0 radical (unpaired) electrons. The number of ether oxygens (including phenoxy) is 1. The Balaban J connectivity index is 1.31. The smallest absolute Gasteiger partial charge is 0.180 e. The number of fused-ring (bicyclic) bond motifs is 1. The number of hydrogen-bond donors (Lipinski definition) is 2. The molecule has 176 valence electrons. The van der Waals surface area contributed by atoms with Crippen LogP contribution in [-0.4, -0.2) is 53.1 Å². The highest BCUT2D eigenvalue weighted by atomic mass is 16.5. The van der Waals surface area contributed by atoms with Crippen LogP contribution in [0.5, 0.6) is 5.75 Å². The first-order valence-corrected chi connectivity index (χ1v) is 11.9.